The van der Waals surface area contributed by atoms with Crippen LogP contribution >= 0.6 is 0 Å². The van der Waals surface area contributed by atoms with Gasteiger partial charge in [-0.2, -0.15) is 0 Å². The second kappa shape index (κ2) is 16.5. The summed E-state index contributed by atoms with van der Waals surface area (Å²) < 4.78 is 0. The Morgan fingerprint density at radius 3 is 1.23 bits per heavy atom. The Morgan fingerprint density at radius 2 is 0.717 bits per heavy atom. The third-order valence-electron chi connectivity index (χ3n) is 11.1. The fraction of sp³-hybridized carbons (Fsp3) is 0.0175. The van der Waals surface area contributed by atoms with E-state index in [1.807, 2.05) is 12.1 Å². The van der Waals surface area contributed by atoms with E-state index >= 15 is 0 Å². The van der Waals surface area contributed by atoms with Crippen LogP contribution in [0.5, 0.6) is 0 Å². The molecule has 9 aromatic rings. The van der Waals surface area contributed by atoms with Crippen molar-refractivity contribution in [1.29, 1.82) is 0 Å². The van der Waals surface area contributed by atoms with Crippen LogP contribution in [-0.4, -0.2) is 10.7 Å². The lowest BCUT2D eigenvalue weighted by Crippen LogP contribution is -2.24. The minimum atomic E-state index is -0.205. The average molecular weight is 768 g/mol. The zero-order chi connectivity index (χ0) is 40.1. The van der Waals surface area contributed by atoms with Crippen molar-refractivity contribution in [2.75, 3.05) is 0 Å². The van der Waals surface area contributed by atoms with E-state index in [1.54, 1.807) is 0 Å². The maximum Gasteiger partial charge on any atom is 0.145 e. The van der Waals surface area contributed by atoms with E-state index in [9.17, 15) is 0 Å². The topological polar surface area (TPSA) is 37.3 Å². The summed E-state index contributed by atoms with van der Waals surface area (Å²) in [6, 6.07) is 81.4. The van der Waals surface area contributed by atoms with Crippen molar-refractivity contribution in [2.24, 2.45) is 4.99 Å². The monoisotopic (exact) mass is 767 g/mol. The molecule has 3 nitrogen and oxygen atoms in total. The number of nitrogens with zero attached hydrogens (tertiary/aromatic N) is 2. The smallest absolute Gasteiger partial charge is 0.145 e. The second-order valence-corrected chi connectivity index (χ2v) is 15.0. The minimum Gasteiger partial charge on any atom is -0.360 e. The Labute approximate surface area is 351 Å². The highest BCUT2D eigenvalue weighted by molar-refractivity contribution is 6.13. The molecule has 8 aromatic carbocycles. The third kappa shape index (κ3) is 7.37. The molecule has 0 spiro atoms. The van der Waals surface area contributed by atoms with Crippen LogP contribution in [0.4, 0.5) is 0 Å². The van der Waals surface area contributed by atoms with E-state index < -0.39 is 0 Å². The lowest BCUT2D eigenvalue weighted by Gasteiger charge is -2.25. The third-order valence-corrected chi connectivity index (χ3v) is 11.1. The first-order chi connectivity index (χ1) is 29.8. The van der Waals surface area contributed by atoms with Crippen LogP contribution < -0.4 is 5.32 Å². The number of aliphatic imine (C=N–C) groups is 1. The minimum absolute atomic E-state index is 0.205. The Hall–Kier alpha value is -7.88. The van der Waals surface area contributed by atoms with Crippen LogP contribution in [0.2, 0.25) is 0 Å². The number of pyridine rings is 1. The van der Waals surface area contributed by atoms with Gasteiger partial charge in [-0.05, 0) is 56.6 Å². The van der Waals surface area contributed by atoms with Gasteiger partial charge in [0, 0.05) is 33.5 Å². The highest BCUT2D eigenvalue weighted by Crippen LogP contribution is 2.48. The van der Waals surface area contributed by atoms with Crippen LogP contribution in [0.25, 0.3) is 72.7 Å². The van der Waals surface area contributed by atoms with Crippen LogP contribution in [0.3, 0.4) is 0 Å². The molecule has 0 amide bonds. The predicted octanol–water partition coefficient (Wildman–Crippen LogP) is 14.2. The summed E-state index contributed by atoms with van der Waals surface area (Å²) in [6.07, 6.45) is 1.97. The SMILES string of the molecule is C1=C(c2cccc(-c3ccc(-c4c(-c5ccccc5)c(-c5ccccc5)nc(-c5ccccc5)c4-c4ccccc4)cc3)c2)NC(c2ccccc2)N=C1c1ccccc1. The van der Waals surface area contributed by atoms with Crippen molar-refractivity contribution < 1.29 is 0 Å². The number of allylic oxidation sites excluding steroid dienone is 1. The summed E-state index contributed by atoms with van der Waals surface area (Å²) in [5.74, 6) is 0. The van der Waals surface area contributed by atoms with Crippen LogP contribution in [0.1, 0.15) is 22.9 Å². The molecule has 1 aliphatic rings. The van der Waals surface area contributed by atoms with Crippen molar-refractivity contribution >= 4 is 11.4 Å². The first-order valence-electron chi connectivity index (χ1n) is 20.4. The maximum atomic E-state index is 5.60. The summed E-state index contributed by atoms with van der Waals surface area (Å²) >= 11 is 0. The lowest BCUT2D eigenvalue weighted by molar-refractivity contribution is 0.664. The Morgan fingerprint density at radius 1 is 0.317 bits per heavy atom. The molecule has 0 aliphatic carbocycles. The fourth-order valence-corrected chi connectivity index (χ4v) is 8.21. The summed E-state index contributed by atoms with van der Waals surface area (Å²) in [5, 5.41) is 3.74. The second-order valence-electron chi connectivity index (χ2n) is 15.0. The van der Waals surface area contributed by atoms with E-state index in [-0.39, 0.29) is 6.17 Å². The number of aromatic nitrogens is 1. The number of hydrogen-bond donors (Lipinski definition) is 1. The van der Waals surface area contributed by atoms with Crippen LogP contribution in [-0.2, 0) is 0 Å². The largest absolute Gasteiger partial charge is 0.360 e. The van der Waals surface area contributed by atoms with Crippen LogP contribution in [0, 0.1) is 0 Å². The van der Waals surface area contributed by atoms with Gasteiger partial charge < -0.3 is 5.32 Å². The quantitative estimate of drug-likeness (QED) is 0.159. The van der Waals surface area contributed by atoms with Gasteiger partial charge in [0.25, 0.3) is 0 Å². The van der Waals surface area contributed by atoms with Gasteiger partial charge >= 0.3 is 0 Å². The van der Waals surface area contributed by atoms with Gasteiger partial charge in [0.1, 0.15) is 6.17 Å². The lowest BCUT2D eigenvalue weighted by atomic mass is 9.83. The molecule has 284 valence electrons. The molecule has 1 unspecified atom stereocenters. The summed E-state index contributed by atoms with van der Waals surface area (Å²) in [4.78, 5) is 10.8. The molecular weight excluding hydrogens is 727 g/mol. The summed E-state index contributed by atoms with van der Waals surface area (Å²) in [7, 11) is 0. The van der Waals surface area contributed by atoms with Gasteiger partial charge in [-0.3, -0.25) is 4.99 Å². The van der Waals surface area contributed by atoms with E-state index in [0.717, 1.165) is 95.1 Å². The average Bonchev–Trinajstić information content (AvgIpc) is 3.35. The Balaban J connectivity index is 1.12. The molecule has 0 fully saturated rings. The normalized spacial score (nSPS) is 13.5. The van der Waals surface area contributed by atoms with Crippen molar-refractivity contribution in [3.8, 4) is 67.0 Å². The number of benzene rings is 8. The van der Waals surface area contributed by atoms with E-state index in [1.165, 1.54) is 0 Å². The fourth-order valence-electron chi connectivity index (χ4n) is 8.21. The maximum absolute atomic E-state index is 5.60. The van der Waals surface area contributed by atoms with Crippen molar-refractivity contribution in [1.82, 2.24) is 10.3 Å². The highest BCUT2D eigenvalue weighted by Gasteiger charge is 2.25. The molecule has 0 saturated carbocycles. The van der Waals surface area contributed by atoms with E-state index in [4.69, 9.17) is 9.98 Å². The van der Waals surface area contributed by atoms with Gasteiger partial charge in [-0.25, -0.2) is 4.98 Å². The zero-order valence-electron chi connectivity index (χ0n) is 33.0. The standard InChI is InChI=1S/C57H41N3/c1-7-20-41(21-8-1)50-39-51(59-57(58-50)47-30-17-6-18-31-47)49-33-19-32-48(38-49)40-34-36-44(37-35-40)52-53(42-22-9-2-10-23-42)55(45-26-13-4-14-27-45)60-56(46-28-15-5-16-29-46)54(52)43-24-11-3-12-25-43/h1-39,57,59H. The van der Waals surface area contributed by atoms with E-state index in [2.05, 4.69) is 230 Å². The van der Waals surface area contributed by atoms with Gasteiger partial charge in [0.2, 0.25) is 0 Å². The zero-order valence-corrected chi connectivity index (χ0v) is 33.0. The molecule has 10 rings (SSSR count). The van der Waals surface area contributed by atoms with Gasteiger partial charge in [0.05, 0.1) is 17.1 Å². The Bertz CT molecular complexity index is 2840. The molecule has 0 radical (unpaired) electrons. The molecular formula is C57H41N3. The molecule has 0 saturated heterocycles. The molecule has 60 heavy (non-hydrogen) atoms. The first kappa shape index (κ1) is 36.5. The number of nitrogens with one attached hydrogen (secondary N) is 1. The molecule has 3 heteroatoms. The number of hydrogen-bond acceptors (Lipinski definition) is 3. The van der Waals surface area contributed by atoms with Gasteiger partial charge in [-0.1, -0.05) is 224 Å². The molecule has 1 N–H and O–H groups in total. The highest BCUT2D eigenvalue weighted by atomic mass is 15.1. The van der Waals surface area contributed by atoms with Crippen LogP contribution in [0.15, 0.2) is 242 Å². The first-order valence-corrected chi connectivity index (χ1v) is 20.4. The molecule has 0 bridgehead atoms. The van der Waals surface area contributed by atoms with Gasteiger partial charge in [-0.15, -0.1) is 0 Å². The van der Waals surface area contributed by atoms with Crippen molar-refractivity contribution in [3.63, 3.8) is 0 Å². The number of rotatable bonds is 9. The molecule has 1 aromatic heterocycles. The summed E-state index contributed by atoms with van der Waals surface area (Å²) in [5.41, 5.74) is 18.4. The van der Waals surface area contributed by atoms with Crippen molar-refractivity contribution in [3.05, 3.63) is 253 Å². The molecule has 1 aliphatic heterocycles. The van der Waals surface area contributed by atoms with Gasteiger partial charge in [0.15, 0.2) is 0 Å². The van der Waals surface area contributed by atoms with Crippen molar-refractivity contribution in [2.45, 2.75) is 6.17 Å². The molecule has 2 heterocycles. The van der Waals surface area contributed by atoms with E-state index in [0.29, 0.717) is 0 Å². The molecule has 1 atom stereocenters. The summed E-state index contributed by atoms with van der Waals surface area (Å²) in [6.45, 7) is 0. The Kier molecular flexibility index (Phi) is 10.0. The predicted molar refractivity (Wildman–Crippen MR) is 250 cm³/mol.